The average molecular weight is 314 g/mol. The van der Waals surface area contributed by atoms with E-state index >= 15 is 0 Å². The van der Waals surface area contributed by atoms with Crippen molar-refractivity contribution >= 4 is 25.3 Å². The Morgan fingerprint density at radius 2 is 1.14 bits per heavy atom. The van der Waals surface area contributed by atoms with Crippen LogP contribution in [-0.2, 0) is 27.4 Å². The molecule has 0 saturated heterocycles. The zero-order chi connectivity index (χ0) is 14.5. The molecule has 0 N–H and O–H groups in total. The molecule has 3 heteroatoms. The molecule has 0 spiro atoms. The van der Waals surface area contributed by atoms with Crippen molar-refractivity contribution in [1.82, 2.24) is 0 Å². The largest absolute Gasteiger partial charge is 0.339 e. The van der Waals surface area contributed by atoms with Crippen molar-refractivity contribution in [2.45, 2.75) is 35.5 Å². The molecule has 2 aliphatic carbocycles. The lowest BCUT2D eigenvalue weighted by molar-refractivity contribution is -0.0593. The Morgan fingerprint density at radius 1 is 0.714 bits per heavy atom. The minimum Gasteiger partial charge on any atom is -0.339 e. The van der Waals surface area contributed by atoms with Crippen LogP contribution in [0.1, 0.15) is 35.1 Å². The summed E-state index contributed by atoms with van der Waals surface area (Å²) in [6.07, 6.45) is 3.84. The maximum atomic E-state index is 6.53. The summed E-state index contributed by atoms with van der Waals surface area (Å²) in [6, 6.07) is 16.9. The Hall–Kier alpha value is -0.900. The van der Waals surface area contributed by atoms with E-state index in [0.717, 1.165) is 25.7 Å². The van der Waals surface area contributed by atoms with Gasteiger partial charge in [0, 0.05) is 0 Å². The molecule has 2 atom stereocenters. The molecular weight excluding hydrogens is 296 g/mol. The third-order valence-corrected chi connectivity index (χ3v) is 5.79. The van der Waals surface area contributed by atoms with Gasteiger partial charge in [0.05, 0.1) is 0 Å². The third-order valence-electron chi connectivity index (χ3n) is 4.68. The molecule has 2 aromatic rings. The predicted octanol–water partition coefficient (Wildman–Crippen LogP) is 4.46. The number of aryl methyl sites for hydroxylation is 2. The van der Waals surface area contributed by atoms with Gasteiger partial charge in [-0.15, -0.1) is 25.3 Å². The Kier molecular flexibility index (Phi) is 3.14. The van der Waals surface area contributed by atoms with Crippen LogP contribution in [0.2, 0.25) is 0 Å². The SMILES string of the molecule is SC1(OC2(S)CCc3ccccc32)CCc2ccccc21. The third kappa shape index (κ3) is 2.14. The van der Waals surface area contributed by atoms with Crippen molar-refractivity contribution in [3.05, 3.63) is 70.8 Å². The first kappa shape index (κ1) is 13.7. The van der Waals surface area contributed by atoms with Crippen LogP contribution in [0, 0.1) is 0 Å². The van der Waals surface area contributed by atoms with Crippen molar-refractivity contribution in [3.8, 4) is 0 Å². The van der Waals surface area contributed by atoms with E-state index in [1.807, 2.05) is 0 Å². The van der Waals surface area contributed by atoms with Crippen molar-refractivity contribution in [2.24, 2.45) is 0 Å². The fourth-order valence-corrected chi connectivity index (χ4v) is 4.65. The van der Waals surface area contributed by atoms with E-state index in [1.165, 1.54) is 22.3 Å². The first-order valence-corrected chi connectivity index (χ1v) is 8.32. The van der Waals surface area contributed by atoms with Gasteiger partial charge < -0.3 is 4.74 Å². The summed E-state index contributed by atoms with van der Waals surface area (Å²) in [5, 5.41) is 0. The highest BCUT2D eigenvalue weighted by Gasteiger charge is 2.46. The summed E-state index contributed by atoms with van der Waals surface area (Å²) in [5.41, 5.74) is 5.09. The van der Waals surface area contributed by atoms with Crippen LogP contribution in [0.5, 0.6) is 0 Å². The minimum atomic E-state index is -0.532. The van der Waals surface area contributed by atoms with Crippen LogP contribution < -0.4 is 0 Å². The first-order chi connectivity index (χ1) is 10.1. The Balaban J connectivity index is 1.71. The molecule has 0 amide bonds. The number of thiol groups is 2. The van der Waals surface area contributed by atoms with Crippen LogP contribution in [0.25, 0.3) is 0 Å². The fraction of sp³-hybridized carbons (Fsp3) is 0.333. The van der Waals surface area contributed by atoms with Gasteiger partial charge >= 0.3 is 0 Å². The molecule has 4 rings (SSSR count). The van der Waals surface area contributed by atoms with Crippen LogP contribution in [0.15, 0.2) is 48.5 Å². The van der Waals surface area contributed by atoms with Gasteiger partial charge in [-0.1, -0.05) is 48.5 Å². The lowest BCUT2D eigenvalue weighted by Crippen LogP contribution is -2.31. The lowest BCUT2D eigenvalue weighted by atomic mass is 10.1. The van der Waals surface area contributed by atoms with Crippen LogP contribution >= 0.6 is 25.3 Å². The molecular formula is C18H18OS2. The monoisotopic (exact) mass is 314 g/mol. The molecule has 2 aliphatic rings. The summed E-state index contributed by atoms with van der Waals surface area (Å²) >= 11 is 9.82. The highest BCUT2D eigenvalue weighted by Crippen LogP contribution is 2.52. The van der Waals surface area contributed by atoms with E-state index in [-0.39, 0.29) is 0 Å². The lowest BCUT2D eigenvalue weighted by Gasteiger charge is -2.35. The first-order valence-electron chi connectivity index (χ1n) is 7.42. The predicted molar refractivity (Wildman–Crippen MR) is 91.9 cm³/mol. The molecule has 2 aromatic carbocycles. The Bertz CT molecular complexity index is 640. The van der Waals surface area contributed by atoms with E-state index in [2.05, 4.69) is 48.5 Å². The maximum Gasteiger partial charge on any atom is 0.139 e. The topological polar surface area (TPSA) is 9.23 Å². The highest BCUT2D eigenvalue weighted by atomic mass is 32.1. The van der Waals surface area contributed by atoms with Gasteiger partial charge in [-0.25, -0.2) is 0 Å². The van der Waals surface area contributed by atoms with Gasteiger partial charge in [0.2, 0.25) is 0 Å². The number of hydrogen-bond acceptors (Lipinski definition) is 3. The number of ether oxygens (including phenoxy) is 1. The fourth-order valence-electron chi connectivity index (χ4n) is 3.61. The molecule has 0 aliphatic heterocycles. The highest BCUT2D eigenvalue weighted by molar-refractivity contribution is 7.82. The minimum absolute atomic E-state index is 0.532. The summed E-state index contributed by atoms with van der Waals surface area (Å²) < 4.78 is 6.53. The van der Waals surface area contributed by atoms with E-state index in [4.69, 9.17) is 30.0 Å². The maximum absolute atomic E-state index is 6.53. The quantitative estimate of drug-likeness (QED) is 0.614. The van der Waals surface area contributed by atoms with Crippen LogP contribution in [-0.4, -0.2) is 0 Å². The van der Waals surface area contributed by atoms with E-state index < -0.39 is 9.87 Å². The van der Waals surface area contributed by atoms with Gasteiger partial charge in [-0.3, -0.25) is 0 Å². The molecule has 0 radical (unpaired) electrons. The zero-order valence-electron chi connectivity index (χ0n) is 11.7. The second kappa shape index (κ2) is 4.80. The summed E-state index contributed by atoms with van der Waals surface area (Å²) in [5.74, 6) is 0. The molecule has 0 bridgehead atoms. The van der Waals surface area contributed by atoms with Gasteiger partial charge in [0.15, 0.2) is 0 Å². The number of fused-ring (bicyclic) bond motifs is 2. The zero-order valence-corrected chi connectivity index (χ0v) is 13.5. The molecule has 0 heterocycles. The van der Waals surface area contributed by atoms with Crippen molar-refractivity contribution < 1.29 is 4.74 Å². The van der Waals surface area contributed by atoms with Gasteiger partial charge in [0.1, 0.15) is 9.87 Å². The molecule has 21 heavy (non-hydrogen) atoms. The molecule has 108 valence electrons. The van der Waals surface area contributed by atoms with Crippen molar-refractivity contribution in [2.75, 3.05) is 0 Å². The van der Waals surface area contributed by atoms with Crippen LogP contribution in [0.4, 0.5) is 0 Å². The van der Waals surface area contributed by atoms with Crippen molar-refractivity contribution in [1.29, 1.82) is 0 Å². The average Bonchev–Trinajstić information content (AvgIpc) is 3.00. The second-order valence-electron chi connectivity index (χ2n) is 5.99. The Morgan fingerprint density at radius 3 is 1.62 bits per heavy atom. The van der Waals surface area contributed by atoms with E-state index in [1.54, 1.807) is 0 Å². The molecule has 0 saturated carbocycles. The van der Waals surface area contributed by atoms with E-state index in [9.17, 15) is 0 Å². The summed E-state index contributed by atoms with van der Waals surface area (Å²) in [6.45, 7) is 0. The normalized spacial score (nSPS) is 30.2. The second-order valence-corrected chi connectivity index (χ2v) is 7.43. The molecule has 0 fully saturated rings. The number of benzene rings is 2. The van der Waals surface area contributed by atoms with Gasteiger partial charge in [0.25, 0.3) is 0 Å². The van der Waals surface area contributed by atoms with E-state index in [0.29, 0.717) is 0 Å². The van der Waals surface area contributed by atoms with Gasteiger partial charge in [-0.2, -0.15) is 0 Å². The molecule has 2 unspecified atom stereocenters. The standard InChI is InChI=1S/C18H18OS2/c20-17(11-9-13-5-1-3-7-15(13)17)19-18(21)12-10-14-6-2-4-8-16(14)18/h1-8,20-21H,9-12H2. The smallest absolute Gasteiger partial charge is 0.139 e. The summed E-state index contributed by atoms with van der Waals surface area (Å²) in [7, 11) is 0. The van der Waals surface area contributed by atoms with Crippen LogP contribution in [0.3, 0.4) is 0 Å². The number of rotatable bonds is 2. The number of hydrogen-bond donors (Lipinski definition) is 2. The van der Waals surface area contributed by atoms with Gasteiger partial charge in [-0.05, 0) is 47.9 Å². The molecule has 1 nitrogen and oxygen atoms in total. The van der Waals surface area contributed by atoms with Crippen molar-refractivity contribution in [3.63, 3.8) is 0 Å². The Labute approximate surface area is 136 Å². The summed E-state index contributed by atoms with van der Waals surface area (Å²) in [4.78, 5) is -1.06. The molecule has 0 aromatic heterocycles.